The molecule has 0 aromatic carbocycles. The summed E-state index contributed by atoms with van der Waals surface area (Å²) in [6.07, 6.45) is 2.33. The molecule has 0 atom stereocenters. The van der Waals surface area contributed by atoms with Crippen molar-refractivity contribution in [2.75, 3.05) is 7.11 Å². The Kier molecular flexibility index (Phi) is 6.12. The molecule has 0 rings (SSSR count). The van der Waals surface area contributed by atoms with Gasteiger partial charge in [-0.05, 0) is 28.8 Å². The molecule has 64 valence electrons. The van der Waals surface area contributed by atoms with Crippen LogP contribution in [-0.4, -0.2) is 17.8 Å². The fraction of sp³-hybridized carbons (Fsp3) is 0.714. The van der Waals surface area contributed by atoms with Gasteiger partial charge in [0.25, 0.3) is 0 Å². The molecule has 0 aliphatic carbocycles. The lowest BCUT2D eigenvalue weighted by Gasteiger charge is -1.96. The van der Waals surface area contributed by atoms with Crippen molar-refractivity contribution in [2.24, 2.45) is 0 Å². The Morgan fingerprint density at radius 3 is 2.27 bits per heavy atom. The Bertz CT molecular complexity index is 145. The molecule has 0 N–H and O–H groups in total. The number of hydrogen-bond donors (Lipinski definition) is 0. The molecule has 0 amide bonds. The molecule has 0 bridgehead atoms. The zero-order valence-corrected chi connectivity index (χ0v) is 8.02. The smallest absolute Gasteiger partial charge is 0.305 e. The summed E-state index contributed by atoms with van der Waals surface area (Å²) in [6, 6.07) is 0. The SMILES string of the molecule is COC(=O)CCCCC(=O)Br. The van der Waals surface area contributed by atoms with E-state index in [2.05, 4.69) is 20.7 Å². The van der Waals surface area contributed by atoms with Gasteiger partial charge in [0.2, 0.25) is 0 Å². The monoisotopic (exact) mass is 222 g/mol. The number of carbonyl (C=O) groups excluding carboxylic acids is 2. The van der Waals surface area contributed by atoms with E-state index in [-0.39, 0.29) is 10.7 Å². The Morgan fingerprint density at radius 1 is 1.27 bits per heavy atom. The molecule has 0 aromatic rings. The van der Waals surface area contributed by atoms with Gasteiger partial charge in [-0.3, -0.25) is 9.59 Å². The van der Waals surface area contributed by atoms with Gasteiger partial charge in [-0.15, -0.1) is 0 Å². The molecule has 0 aromatic heterocycles. The van der Waals surface area contributed by atoms with E-state index in [1.807, 2.05) is 0 Å². The molecule has 0 unspecified atom stereocenters. The zero-order valence-electron chi connectivity index (χ0n) is 6.43. The highest BCUT2D eigenvalue weighted by Crippen LogP contribution is 2.03. The lowest BCUT2D eigenvalue weighted by molar-refractivity contribution is -0.140. The normalized spacial score (nSPS) is 9.27. The molecule has 0 saturated carbocycles. The van der Waals surface area contributed by atoms with Crippen LogP contribution in [0.25, 0.3) is 0 Å². The van der Waals surface area contributed by atoms with Gasteiger partial charge in [-0.1, -0.05) is 0 Å². The second-order valence-electron chi connectivity index (χ2n) is 2.14. The summed E-state index contributed by atoms with van der Waals surface area (Å²) in [5.41, 5.74) is 0. The number of rotatable bonds is 5. The summed E-state index contributed by atoms with van der Waals surface area (Å²) in [6.45, 7) is 0. The summed E-state index contributed by atoms with van der Waals surface area (Å²) in [5, 5.41) is 0. The van der Waals surface area contributed by atoms with Crippen LogP contribution < -0.4 is 0 Å². The average molecular weight is 223 g/mol. The number of halogens is 1. The van der Waals surface area contributed by atoms with Gasteiger partial charge in [0, 0.05) is 12.8 Å². The molecule has 0 saturated heterocycles. The van der Waals surface area contributed by atoms with Crippen LogP contribution >= 0.6 is 15.9 Å². The van der Waals surface area contributed by atoms with Crippen LogP contribution in [0.1, 0.15) is 25.7 Å². The standard InChI is InChI=1S/C7H11BrO3/c1-11-7(10)5-3-2-4-6(8)9/h2-5H2,1H3. The van der Waals surface area contributed by atoms with E-state index in [1.54, 1.807) is 0 Å². The van der Waals surface area contributed by atoms with Gasteiger partial charge in [0.1, 0.15) is 0 Å². The van der Waals surface area contributed by atoms with E-state index in [4.69, 9.17) is 0 Å². The number of ether oxygens (including phenoxy) is 1. The second-order valence-corrected chi connectivity index (χ2v) is 3.02. The van der Waals surface area contributed by atoms with E-state index in [1.165, 1.54) is 7.11 Å². The summed E-state index contributed by atoms with van der Waals surface area (Å²) in [7, 11) is 1.36. The van der Waals surface area contributed by atoms with Gasteiger partial charge in [-0.2, -0.15) is 0 Å². The van der Waals surface area contributed by atoms with E-state index in [0.29, 0.717) is 19.3 Å². The third-order valence-electron chi connectivity index (χ3n) is 1.23. The van der Waals surface area contributed by atoms with Crippen molar-refractivity contribution in [1.82, 2.24) is 0 Å². The molecular formula is C7H11BrO3. The first-order chi connectivity index (χ1) is 5.16. The van der Waals surface area contributed by atoms with Crippen molar-refractivity contribution in [2.45, 2.75) is 25.7 Å². The topological polar surface area (TPSA) is 43.4 Å². The molecule has 0 heterocycles. The lowest BCUT2D eigenvalue weighted by Crippen LogP contribution is -1.99. The fourth-order valence-electron chi connectivity index (χ4n) is 0.635. The molecule has 0 spiro atoms. The molecule has 11 heavy (non-hydrogen) atoms. The first-order valence-corrected chi connectivity index (χ1v) is 4.21. The van der Waals surface area contributed by atoms with Crippen molar-refractivity contribution < 1.29 is 14.3 Å². The molecule has 0 fully saturated rings. The van der Waals surface area contributed by atoms with E-state index in [9.17, 15) is 9.59 Å². The maximum atomic E-state index is 10.5. The van der Waals surface area contributed by atoms with Crippen LogP contribution in [-0.2, 0) is 14.3 Å². The average Bonchev–Trinajstić information content (AvgIpc) is 1.97. The quantitative estimate of drug-likeness (QED) is 0.404. The van der Waals surface area contributed by atoms with Crippen molar-refractivity contribution in [3.8, 4) is 0 Å². The van der Waals surface area contributed by atoms with Crippen LogP contribution in [0.3, 0.4) is 0 Å². The molecule has 0 aliphatic heterocycles. The lowest BCUT2D eigenvalue weighted by atomic mass is 10.2. The molecule has 0 radical (unpaired) electrons. The van der Waals surface area contributed by atoms with Gasteiger partial charge in [0.05, 0.1) is 7.11 Å². The van der Waals surface area contributed by atoms with E-state index < -0.39 is 0 Å². The van der Waals surface area contributed by atoms with Gasteiger partial charge >= 0.3 is 5.97 Å². The summed E-state index contributed by atoms with van der Waals surface area (Å²) < 4.78 is 4.41. The highest BCUT2D eigenvalue weighted by molar-refractivity contribution is 9.18. The van der Waals surface area contributed by atoms with Crippen molar-refractivity contribution in [3.05, 3.63) is 0 Å². The largest absolute Gasteiger partial charge is 0.469 e. The third-order valence-corrected chi connectivity index (χ3v) is 1.63. The van der Waals surface area contributed by atoms with Crippen LogP contribution in [0.5, 0.6) is 0 Å². The summed E-state index contributed by atoms with van der Waals surface area (Å²) in [4.78, 5) is 20.9. The van der Waals surface area contributed by atoms with Crippen LogP contribution in [0, 0.1) is 0 Å². The predicted molar refractivity (Wildman–Crippen MR) is 44.4 cm³/mol. The van der Waals surface area contributed by atoms with Crippen LogP contribution in [0.4, 0.5) is 0 Å². The van der Waals surface area contributed by atoms with Gasteiger partial charge in [-0.25, -0.2) is 0 Å². The van der Waals surface area contributed by atoms with Gasteiger partial charge in [0.15, 0.2) is 4.69 Å². The van der Waals surface area contributed by atoms with Gasteiger partial charge < -0.3 is 4.74 Å². The van der Waals surface area contributed by atoms with E-state index in [0.717, 1.165) is 6.42 Å². The Hall–Kier alpha value is -0.380. The zero-order chi connectivity index (χ0) is 8.69. The minimum absolute atomic E-state index is 0.0117. The number of unbranched alkanes of at least 4 members (excludes halogenated alkanes) is 1. The first-order valence-electron chi connectivity index (χ1n) is 3.42. The second kappa shape index (κ2) is 6.34. The minimum Gasteiger partial charge on any atom is -0.469 e. The summed E-state index contributed by atoms with van der Waals surface area (Å²) >= 11 is 2.80. The highest BCUT2D eigenvalue weighted by Gasteiger charge is 2.00. The molecule has 3 nitrogen and oxygen atoms in total. The van der Waals surface area contributed by atoms with Crippen molar-refractivity contribution in [3.63, 3.8) is 0 Å². The Morgan fingerprint density at radius 2 is 1.82 bits per heavy atom. The number of methoxy groups -OCH3 is 1. The Labute approximate surface area is 74.2 Å². The van der Waals surface area contributed by atoms with Crippen molar-refractivity contribution in [1.29, 1.82) is 0 Å². The van der Waals surface area contributed by atoms with Crippen LogP contribution in [0.2, 0.25) is 0 Å². The fourth-order valence-corrected chi connectivity index (χ4v) is 0.916. The number of hydrogen-bond acceptors (Lipinski definition) is 3. The number of carbonyl (C=O) groups is 2. The highest BCUT2D eigenvalue weighted by atomic mass is 79.9. The summed E-state index contributed by atoms with van der Waals surface area (Å²) in [5.74, 6) is -0.216. The Balaban J connectivity index is 3.14. The maximum absolute atomic E-state index is 10.5. The number of esters is 1. The molecular weight excluding hydrogens is 212 g/mol. The predicted octanol–water partition coefficient (Wildman–Crippen LogP) is 1.64. The first kappa shape index (κ1) is 10.6. The third kappa shape index (κ3) is 7.52. The maximum Gasteiger partial charge on any atom is 0.305 e. The molecule has 4 heteroatoms. The van der Waals surface area contributed by atoms with E-state index >= 15 is 0 Å². The van der Waals surface area contributed by atoms with Crippen molar-refractivity contribution >= 4 is 26.6 Å². The molecule has 0 aliphatic rings. The van der Waals surface area contributed by atoms with Crippen LogP contribution in [0.15, 0.2) is 0 Å². The minimum atomic E-state index is -0.216.